The summed E-state index contributed by atoms with van der Waals surface area (Å²) >= 11 is 0. The first-order valence-corrected chi connectivity index (χ1v) is 6.91. The predicted octanol–water partition coefficient (Wildman–Crippen LogP) is 0.572. The third-order valence-corrected chi connectivity index (χ3v) is 3.95. The van der Waals surface area contributed by atoms with E-state index in [1.807, 2.05) is 6.92 Å². The molecule has 2 rings (SSSR count). The van der Waals surface area contributed by atoms with Crippen LogP contribution in [0.1, 0.15) is 32.6 Å². The van der Waals surface area contributed by atoms with Gasteiger partial charge in [-0.25, -0.2) is 0 Å². The quantitative estimate of drug-likeness (QED) is 0.712. The Hall–Kier alpha value is -0.610. The normalized spacial score (nSPS) is 27.1. The van der Waals surface area contributed by atoms with E-state index in [4.69, 9.17) is 5.73 Å². The highest BCUT2D eigenvalue weighted by molar-refractivity contribution is 5.76. The maximum Gasteiger partial charge on any atom is 0.221 e. The molecule has 0 radical (unpaired) electrons. The molecule has 17 heavy (non-hydrogen) atoms. The maximum absolute atomic E-state index is 11.2. The van der Waals surface area contributed by atoms with Crippen LogP contribution < -0.4 is 11.1 Å². The molecule has 1 amide bonds. The van der Waals surface area contributed by atoms with Crippen molar-refractivity contribution in [3.63, 3.8) is 0 Å². The molecular weight excluding hydrogens is 214 g/mol. The minimum atomic E-state index is -0.169. The number of primary amides is 1. The first-order valence-electron chi connectivity index (χ1n) is 6.91. The summed E-state index contributed by atoms with van der Waals surface area (Å²) in [6, 6.07) is 0.721. The number of amides is 1. The van der Waals surface area contributed by atoms with Gasteiger partial charge in [-0.2, -0.15) is 0 Å². The minimum absolute atomic E-state index is 0.0212. The van der Waals surface area contributed by atoms with E-state index >= 15 is 0 Å². The topological polar surface area (TPSA) is 58.4 Å². The lowest BCUT2D eigenvalue weighted by Gasteiger charge is -2.31. The average molecular weight is 239 g/mol. The fraction of sp³-hybridized carbons (Fsp3) is 0.923. The number of hydrogen-bond acceptors (Lipinski definition) is 3. The molecule has 3 N–H and O–H groups in total. The summed E-state index contributed by atoms with van der Waals surface area (Å²) in [5.74, 6) is 0.564. The zero-order chi connectivity index (χ0) is 12.3. The fourth-order valence-electron chi connectivity index (χ4n) is 2.67. The summed E-state index contributed by atoms with van der Waals surface area (Å²) in [6.07, 6.45) is 5.20. The van der Waals surface area contributed by atoms with Gasteiger partial charge < -0.3 is 11.1 Å². The van der Waals surface area contributed by atoms with E-state index in [0.717, 1.165) is 38.1 Å². The number of nitrogens with one attached hydrogen (secondary N) is 1. The Kier molecular flexibility index (Phi) is 4.40. The number of carbonyl (C=O) groups is 1. The molecule has 1 saturated heterocycles. The van der Waals surface area contributed by atoms with Crippen molar-refractivity contribution >= 4 is 5.91 Å². The average Bonchev–Trinajstić information content (AvgIpc) is 3.13. The van der Waals surface area contributed by atoms with Crippen LogP contribution in [0.25, 0.3) is 0 Å². The number of nitrogens with two attached hydrogens (primary N) is 1. The lowest BCUT2D eigenvalue weighted by molar-refractivity contribution is -0.121. The third kappa shape index (κ3) is 3.96. The van der Waals surface area contributed by atoms with Gasteiger partial charge in [-0.05, 0) is 44.7 Å². The van der Waals surface area contributed by atoms with Crippen LogP contribution in [0.5, 0.6) is 0 Å². The number of rotatable bonds is 6. The first-order chi connectivity index (χ1) is 8.16. The molecule has 0 aromatic rings. The van der Waals surface area contributed by atoms with Crippen LogP contribution in [0, 0.1) is 11.8 Å². The number of carbonyl (C=O) groups excluding carboxylic acids is 1. The van der Waals surface area contributed by atoms with E-state index < -0.39 is 0 Å². The Bertz CT molecular complexity index is 259. The monoisotopic (exact) mass is 239 g/mol. The van der Waals surface area contributed by atoms with Gasteiger partial charge in [0, 0.05) is 25.0 Å². The predicted molar refractivity (Wildman–Crippen MR) is 68.5 cm³/mol. The van der Waals surface area contributed by atoms with Crippen molar-refractivity contribution in [1.82, 2.24) is 10.2 Å². The molecule has 1 heterocycles. The van der Waals surface area contributed by atoms with E-state index in [1.165, 1.54) is 25.7 Å². The van der Waals surface area contributed by atoms with Gasteiger partial charge in [0.05, 0.1) is 0 Å². The SMILES string of the molecule is CC(CN(CC1CCCNC1)C1CC1)C(N)=O. The van der Waals surface area contributed by atoms with Crippen molar-refractivity contribution in [3.8, 4) is 0 Å². The zero-order valence-electron chi connectivity index (χ0n) is 10.8. The Labute approximate surface area is 104 Å². The van der Waals surface area contributed by atoms with Gasteiger partial charge in [0.1, 0.15) is 0 Å². The molecular formula is C13H25N3O. The van der Waals surface area contributed by atoms with Crippen LogP contribution in [0.3, 0.4) is 0 Å². The highest BCUT2D eigenvalue weighted by Crippen LogP contribution is 2.29. The van der Waals surface area contributed by atoms with Crippen molar-refractivity contribution in [1.29, 1.82) is 0 Å². The second-order valence-corrected chi connectivity index (χ2v) is 5.70. The molecule has 1 saturated carbocycles. The van der Waals surface area contributed by atoms with Gasteiger partial charge >= 0.3 is 0 Å². The molecule has 0 spiro atoms. The molecule has 2 atom stereocenters. The number of piperidine rings is 1. The Morgan fingerprint density at radius 1 is 1.47 bits per heavy atom. The molecule has 2 aliphatic rings. The Morgan fingerprint density at radius 2 is 2.24 bits per heavy atom. The third-order valence-electron chi connectivity index (χ3n) is 3.95. The van der Waals surface area contributed by atoms with Gasteiger partial charge in [0.15, 0.2) is 0 Å². The molecule has 2 fully saturated rings. The highest BCUT2D eigenvalue weighted by Gasteiger charge is 2.32. The van der Waals surface area contributed by atoms with Gasteiger partial charge in [-0.3, -0.25) is 9.69 Å². The second kappa shape index (κ2) is 5.83. The van der Waals surface area contributed by atoms with Gasteiger partial charge in [0.2, 0.25) is 5.91 Å². The van der Waals surface area contributed by atoms with Crippen molar-refractivity contribution in [2.24, 2.45) is 17.6 Å². The zero-order valence-corrected chi connectivity index (χ0v) is 10.8. The van der Waals surface area contributed by atoms with Gasteiger partial charge in [-0.1, -0.05) is 6.92 Å². The largest absolute Gasteiger partial charge is 0.369 e. The summed E-state index contributed by atoms with van der Waals surface area (Å²) in [4.78, 5) is 13.6. The second-order valence-electron chi connectivity index (χ2n) is 5.70. The van der Waals surface area contributed by atoms with Crippen LogP contribution >= 0.6 is 0 Å². The van der Waals surface area contributed by atoms with Crippen molar-refractivity contribution in [2.75, 3.05) is 26.2 Å². The lowest BCUT2D eigenvalue weighted by atomic mass is 9.98. The lowest BCUT2D eigenvalue weighted by Crippen LogP contribution is -2.42. The summed E-state index contributed by atoms with van der Waals surface area (Å²) in [6.45, 7) is 6.22. The van der Waals surface area contributed by atoms with Gasteiger partial charge in [0.25, 0.3) is 0 Å². The van der Waals surface area contributed by atoms with E-state index in [1.54, 1.807) is 0 Å². The van der Waals surface area contributed by atoms with Crippen LogP contribution in [0.4, 0.5) is 0 Å². The Morgan fingerprint density at radius 3 is 2.76 bits per heavy atom. The van der Waals surface area contributed by atoms with Crippen LogP contribution in [0.15, 0.2) is 0 Å². The fourth-order valence-corrected chi connectivity index (χ4v) is 2.67. The molecule has 98 valence electrons. The summed E-state index contributed by atoms with van der Waals surface area (Å²) in [5, 5.41) is 3.46. The molecule has 4 heteroatoms. The van der Waals surface area contributed by atoms with Crippen LogP contribution in [-0.4, -0.2) is 43.0 Å². The molecule has 1 aliphatic carbocycles. The maximum atomic E-state index is 11.2. The van der Waals surface area contributed by atoms with Crippen LogP contribution in [0.2, 0.25) is 0 Å². The van der Waals surface area contributed by atoms with Crippen molar-refractivity contribution < 1.29 is 4.79 Å². The summed E-state index contributed by atoms with van der Waals surface area (Å²) in [5.41, 5.74) is 5.36. The molecule has 0 bridgehead atoms. The smallest absolute Gasteiger partial charge is 0.221 e. The standard InChI is InChI=1S/C13H25N3O/c1-10(13(14)17)8-16(12-4-5-12)9-11-3-2-6-15-7-11/h10-12,15H,2-9H2,1H3,(H2,14,17). The van der Waals surface area contributed by atoms with E-state index in [2.05, 4.69) is 10.2 Å². The van der Waals surface area contributed by atoms with E-state index in [9.17, 15) is 4.79 Å². The van der Waals surface area contributed by atoms with E-state index in [0.29, 0.717) is 0 Å². The molecule has 0 aromatic carbocycles. The molecule has 2 unspecified atom stereocenters. The minimum Gasteiger partial charge on any atom is -0.369 e. The first kappa shape index (κ1) is 12.8. The van der Waals surface area contributed by atoms with Gasteiger partial charge in [-0.15, -0.1) is 0 Å². The van der Waals surface area contributed by atoms with E-state index in [-0.39, 0.29) is 11.8 Å². The Balaban J connectivity index is 1.81. The molecule has 1 aliphatic heterocycles. The summed E-state index contributed by atoms with van der Waals surface area (Å²) < 4.78 is 0. The molecule has 0 aromatic heterocycles. The number of nitrogens with zero attached hydrogens (tertiary/aromatic N) is 1. The molecule has 4 nitrogen and oxygen atoms in total. The summed E-state index contributed by atoms with van der Waals surface area (Å²) in [7, 11) is 0. The van der Waals surface area contributed by atoms with Crippen LogP contribution in [-0.2, 0) is 4.79 Å². The highest BCUT2D eigenvalue weighted by atomic mass is 16.1. The van der Waals surface area contributed by atoms with Crippen molar-refractivity contribution in [2.45, 2.75) is 38.6 Å². The van der Waals surface area contributed by atoms with Crippen molar-refractivity contribution in [3.05, 3.63) is 0 Å². The number of hydrogen-bond donors (Lipinski definition) is 2.